The Balaban J connectivity index is 0.00000341. The summed E-state index contributed by atoms with van der Waals surface area (Å²) in [6.07, 6.45) is 0.889. The lowest BCUT2D eigenvalue weighted by atomic mass is 10.2. The van der Waals surface area contributed by atoms with Gasteiger partial charge < -0.3 is 9.64 Å². The van der Waals surface area contributed by atoms with Gasteiger partial charge in [-0.15, -0.1) is 24.2 Å². The molecule has 0 spiro atoms. The predicted molar refractivity (Wildman–Crippen MR) is 136 cm³/mol. The van der Waals surface area contributed by atoms with E-state index in [2.05, 4.69) is 43.0 Å². The van der Waals surface area contributed by atoms with E-state index in [1.54, 1.807) is 30.2 Å². The van der Waals surface area contributed by atoms with Crippen LogP contribution in [0.4, 0.5) is 5.13 Å². The number of ether oxygens (including phenoxy) is 1. The van der Waals surface area contributed by atoms with Crippen molar-refractivity contribution in [3.05, 3.63) is 47.5 Å². The van der Waals surface area contributed by atoms with Crippen molar-refractivity contribution in [3.63, 3.8) is 0 Å². The number of anilines is 1. The van der Waals surface area contributed by atoms with Crippen molar-refractivity contribution in [3.8, 4) is 5.75 Å². The van der Waals surface area contributed by atoms with Gasteiger partial charge in [0.05, 0.1) is 17.6 Å². The number of nitrogens with zero attached hydrogens (tertiary/aromatic N) is 3. The highest BCUT2D eigenvalue weighted by atomic mass is 35.5. The van der Waals surface area contributed by atoms with Crippen LogP contribution < -0.4 is 9.64 Å². The number of thioether (sulfide) groups is 1. The molecular weight excluding hydrogens is 450 g/mol. The van der Waals surface area contributed by atoms with Gasteiger partial charge in [0.2, 0.25) is 5.91 Å². The average Bonchev–Trinajstić information content (AvgIpc) is 3.16. The molecule has 0 saturated heterocycles. The zero-order valence-corrected chi connectivity index (χ0v) is 21.1. The lowest BCUT2D eigenvalue weighted by Gasteiger charge is -2.21. The molecule has 0 atom stereocenters. The Labute approximate surface area is 199 Å². The maximum absolute atomic E-state index is 13.2. The van der Waals surface area contributed by atoms with Crippen LogP contribution in [0.15, 0.2) is 41.3 Å². The number of halogens is 1. The van der Waals surface area contributed by atoms with Gasteiger partial charge in [-0.05, 0) is 64.7 Å². The van der Waals surface area contributed by atoms with Crippen LogP contribution in [0.25, 0.3) is 10.2 Å². The number of benzene rings is 2. The van der Waals surface area contributed by atoms with Gasteiger partial charge in [-0.25, -0.2) is 4.98 Å². The third-order valence-electron chi connectivity index (χ3n) is 4.81. The van der Waals surface area contributed by atoms with Gasteiger partial charge >= 0.3 is 0 Å². The van der Waals surface area contributed by atoms with Crippen molar-refractivity contribution in [1.82, 2.24) is 9.88 Å². The number of aryl methyl sites for hydroxylation is 2. The largest absolute Gasteiger partial charge is 0.494 e. The highest BCUT2D eigenvalue weighted by molar-refractivity contribution is 8.00. The minimum absolute atomic E-state index is 0. The molecular formula is C23H30ClN3O2S2. The fraction of sp³-hybridized carbons (Fsp3) is 0.391. The number of hydrogen-bond donors (Lipinski definition) is 0. The lowest BCUT2D eigenvalue weighted by molar-refractivity contribution is -0.116. The first-order valence-electron chi connectivity index (χ1n) is 9.97. The summed E-state index contributed by atoms with van der Waals surface area (Å²) in [5.41, 5.74) is 3.19. The molecule has 1 aromatic heterocycles. The summed E-state index contributed by atoms with van der Waals surface area (Å²) in [4.78, 5) is 23.1. The Bertz CT molecular complexity index is 1010. The van der Waals surface area contributed by atoms with Crippen LogP contribution in [-0.2, 0) is 4.79 Å². The quantitative estimate of drug-likeness (QED) is 0.383. The van der Waals surface area contributed by atoms with Crippen molar-refractivity contribution in [2.45, 2.75) is 25.2 Å². The summed E-state index contributed by atoms with van der Waals surface area (Å²) in [5.74, 6) is 1.21. The fourth-order valence-electron chi connectivity index (χ4n) is 3.11. The molecule has 1 heterocycles. The number of thiazole rings is 1. The van der Waals surface area contributed by atoms with E-state index in [4.69, 9.17) is 9.72 Å². The number of carbonyl (C=O) groups is 1. The Kier molecular flexibility index (Phi) is 9.62. The minimum Gasteiger partial charge on any atom is -0.494 e. The molecule has 31 heavy (non-hydrogen) atoms. The summed E-state index contributed by atoms with van der Waals surface area (Å²) in [6, 6.07) is 12.3. The lowest BCUT2D eigenvalue weighted by Crippen LogP contribution is -2.34. The van der Waals surface area contributed by atoms with Gasteiger partial charge in [0, 0.05) is 11.4 Å². The van der Waals surface area contributed by atoms with E-state index < -0.39 is 0 Å². The van der Waals surface area contributed by atoms with Gasteiger partial charge in [0.25, 0.3) is 0 Å². The Morgan fingerprint density at radius 1 is 1.10 bits per heavy atom. The topological polar surface area (TPSA) is 45.7 Å². The van der Waals surface area contributed by atoms with Crippen molar-refractivity contribution in [2.75, 3.05) is 44.9 Å². The Hall–Kier alpha value is -1.80. The second-order valence-electron chi connectivity index (χ2n) is 7.56. The number of amides is 1. The monoisotopic (exact) mass is 479 g/mol. The molecule has 0 aliphatic rings. The number of methoxy groups -OCH3 is 1. The molecule has 0 aliphatic carbocycles. The van der Waals surface area contributed by atoms with Crippen molar-refractivity contribution in [1.29, 1.82) is 0 Å². The average molecular weight is 480 g/mol. The first-order chi connectivity index (χ1) is 14.4. The Morgan fingerprint density at radius 3 is 2.45 bits per heavy atom. The second kappa shape index (κ2) is 11.7. The van der Waals surface area contributed by atoms with E-state index in [0.29, 0.717) is 12.3 Å². The molecule has 8 heteroatoms. The fourth-order valence-corrected chi connectivity index (χ4v) is 4.98. The minimum atomic E-state index is 0. The third-order valence-corrected chi connectivity index (χ3v) is 7.02. The summed E-state index contributed by atoms with van der Waals surface area (Å²) < 4.78 is 6.56. The molecule has 0 radical (unpaired) electrons. The number of rotatable bonds is 9. The summed E-state index contributed by atoms with van der Waals surface area (Å²) in [5, 5.41) is 0.742. The smallest absolute Gasteiger partial charge is 0.239 e. The Morgan fingerprint density at radius 2 is 1.81 bits per heavy atom. The number of carbonyl (C=O) groups excluding carboxylic acids is 1. The van der Waals surface area contributed by atoms with Crippen LogP contribution in [0.1, 0.15) is 17.5 Å². The molecule has 0 aliphatic heterocycles. The molecule has 1 amide bonds. The van der Waals surface area contributed by atoms with Gasteiger partial charge in [-0.2, -0.15) is 0 Å². The zero-order valence-electron chi connectivity index (χ0n) is 18.7. The number of aromatic nitrogens is 1. The predicted octanol–water partition coefficient (Wildman–Crippen LogP) is 5.42. The molecule has 0 fully saturated rings. The van der Waals surface area contributed by atoms with Gasteiger partial charge in [0.1, 0.15) is 11.3 Å². The molecule has 168 valence electrons. The molecule has 2 aromatic carbocycles. The SMILES string of the molecule is COc1ccc(C)c2sc(N(CCCN(C)C)C(=O)CSc3ccc(C)cc3)nc12.Cl. The molecule has 5 nitrogen and oxygen atoms in total. The van der Waals surface area contributed by atoms with Gasteiger partial charge in [-0.3, -0.25) is 9.69 Å². The highest BCUT2D eigenvalue weighted by Gasteiger charge is 2.21. The highest BCUT2D eigenvalue weighted by Crippen LogP contribution is 2.36. The van der Waals surface area contributed by atoms with Crippen molar-refractivity contribution < 1.29 is 9.53 Å². The third kappa shape index (κ3) is 6.59. The van der Waals surface area contributed by atoms with Crippen molar-refractivity contribution in [2.24, 2.45) is 0 Å². The van der Waals surface area contributed by atoms with E-state index in [1.807, 2.05) is 31.1 Å². The first kappa shape index (κ1) is 25.5. The molecule has 3 rings (SSSR count). The molecule has 0 saturated carbocycles. The maximum atomic E-state index is 13.2. The summed E-state index contributed by atoms with van der Waals surface area (Å²) in [7, 11) is 5.75. The van der Waals surface area contributed by atoms with Crippen molar-refractivity contribution >= 4 is 56.8 Å². The zero-order chi connectivity index (χ0) is 21.7. The van der Waals surface area contributed by atoms with Crippen LogP contribution in [-0.4, -0.2) is 55.8 Å². The van der Waals surface area contributed by atoms with Crippen LogP contribution in [0, 0.1) is 13.8 Å². The standard InChI is InChI=1S/C23H29N3O2S2.ClH/c1-16-7-10-18(11-8-16)29-15-20(27)26(14-6-13-25(3)4)23-24-21-19(28-5)12-9-17(2)22(21)30-23;/h7-12H,6,13-15H2,1-5H3;1H. The van der Waals surface area contributed by atoms with E-state index in [-0.39, 0.29) is 18.3 Å². The van der Waals surface area contributed by atoms with Crippen LogP contribution in [0.3, 0.4) is 0 Å². The number of hydrogen-bond acceptors (Lipinski definition) is 6. The second-order valence-corrected chi connectivity index (χ2v) is 9.59. The molecule has 0 bridgehead atoms. The van der Waals surface area contributed by atoms with E-state index in [9.17, 15) is 4.79 Å². The molecule has 0 N–H and O–H groups in total. The van der Waals surface area contributed by atoms with E-state index >= 15 is 0 Å². The molecule has 3 aromatic rings. The van der Waals surface area contributed by atoms with Crippen LogP contribution in [0.5, 0.6) is 5.75 Å². The van der Waals surface area contributed by atoms with E-state index in [0.717, 1.165) is 44.5 Å². The molecule has 0 unspecified atom stereocenters. The van der Waals surface area contributed by atoms with E-state index in [1.165, 1.54) is 5.56 Å². The van der Waals surface area contributed by atoms with Crippen LogP contribution in [0.2, 0.25) is 0 Å². The summed E-state index contributed by atoms with van der Waals surface area (Å²) in [6.45, 7) is 5.69. The van der Waals surface area contributed by atoms with Crippen LogP contribution >= 0.6 is 35.5 Å². The number of fused-ring (bicyclic) bond motifs is 1. The summed E-state index contributed by atoms with van der Waals surface area (Å²) >= 11 is 3.13. The first-order valence-corrected chi connectivity index (χ1v) is 11.8. The maximum Gasteiger partial charge on any atom is 0.239 e. The normalized spacial score (nSPS) is 10.9. The van der Waals surface area contributed by atoms with Gasteiger partial charge in [0.15, 0.2) is 5.13 Å². The van der Waals surface area contributed by atoms with Gasteiger partial charge in [-0.1, -0.05) is 35.1 Å².